The zero-order valence-corrected chi connectivity index (χ0v) is 9.79. The summed E-state index contributed by atoms with van der Waals surface area (Å²) in [4.78, 5) is 28.4. The molecule has 18 heavy (non-hydrogen) atoms. The number of nitrogens with zero attached hydrogens (tertiary/aromatic N) is 4. The predicted octanol–water partition coefficient (Wildman–Crippen LogP) is -0.242. The van der Waals surface area contributed by atoms with Gasteiger partial charge in [-0.1, -0.05) is 0 Å². The number of imidazole rings is 1. The second-order valence-corrected chi connectivity index (χ2v) is 3.63. The minimum absolute atomic E-state index is 0.234. The average molecular weight is 247 g/mol. The lowest BCUT2D eigenvalue weighted by Crippen LogP contribution is -2.27. The number of nitrogens with one attached hydrogen (secondary N) is 2. The molecule has 2 rings (SSSR count). The first kappa shape index (κ1) is 12.0. The average Bonchev–Trinajstić information content (AvgIpc) is 2.91. The summed E-state index contributed by atoms with van der Waals surface area (Å²) in [6.07, 6.45) is 6.11. The molecule has 0 saturated heterocycles. The number of carbonyl (C=O) groups is 1. The highest BCUT2D eigenvalue weighted by Crippen LogP contribution is 2.04. The Morgan fingerprint density at radius 1 is 1.44 bits per heavy atom. The van der Waals surface area contributed by atoms with E-state index in [9.17, 15) is 4.79 Å². The Kier molecular flexibility index (Phi) is 3.49. The first-order valence-corrected chi connectivity index (χ1v) is 5.23. The Balaban J connectivity index is 2.05. The standard InChI is InChI=1S/C10H13N7O/c1-17(6-9-12-2-3-13-9)10(18)7-4-15-8(16-11)5-14-7/h2-5H,6,11H2,1H3,(H,12,13)(H,15,16). The van der Waals surface area contributed by atoms with E-state index in [0.717, 1.165) is 0 Å². The van der Waals surface area contributed by atoms with Gasteiger partial charge in [-0.3, -0.25) is 4.79 Å². The molecule has 0 aliphatic rings. The van der Waals surface area contributed by atoms with E-state index in [0.29, 0.717) is 18.2 Å². The minimum Gasteiger partial charge on any atom is -0.347 e. The SMILES string of the molecule is CN(Cc1ncc[nH]1)C(=O)c1cnc(NN)cn1. The number of aromatic amines is 1. The van der Waals surface area contributed by atoms with Gasteiger partial charge in [-0.15, -0.1) is 0 Å². The molecule has 2 aromatic rings. The number of nitrogens with two attached hydrogens (primary N) is 1. The van der Waals surface area contributed by atoms with Gasteiger partial charge in [0.05, 0.1) is 18.9 Å². The normalized spacial score (nSPS) is 10.1. The molecule has 0 radical (unpaired) electrons. The van der Waals surface area contributed by atoms with E-state index in [2.05, 4.69) is 25.4 Å². The molecule has 2 aromatic heterocycles. The van der Waals surface area contributed by atoms with E-state index in [1.807, 2.05) is 0 Å². The first-order valence-electron chi connectivity index (χ1n) is 5.23. The summed E-state index contributed by atoms with van der Waals surface area (Å²) in [5.74, 6) is 6.04. The van der Waals surface area contributed by atoms with Gasteiger partial charge in [0.15, 0.2) is 5.82 Å². The molecule has 8 heteroatoms. The maximum atomic E-state index is 12.0. The topological polar surface area (TPSA) is 113 Å². The van der Waals surface area contributed by atoms with Gasteiger partial charge in [-0.05, 0) is 0 Å². The predicted molar refractivity (Wildman–Crippen MR) is 64.2 cm³/mol. The van der Waals surface area contributed by atoms with Crippen LogP contribution < -0.4 is 11.3 Å². The number of carbonyl (C=O) groups excluding carboxylic acids is 1. The summed E-state index contributed by atoms with van der Waals surface area (Å²) in [6.45, 7) is 0.379. The van der Waals surface area contributed by atoms with Gasteiger partial charge in [-0.2, -0.15) is 0 Å². The molecule has 8 nitrogen and oxygen atoms in total. The van der Waals surface area contributed by atoms with Crippen molar-refractivity contribution in [1.29, 1.82) is 0 Å². The zero-order valence-electron chi connectivity index (χ0n) is 9.79. The molecule has 0 aromatic carbocycles. The highest BCUT2D eigenvalue weighted by atomic mass is 16.2. The molecular weight excluding hydrogens is 234 g/mol. The zero-order chi connectivity index (χ0) is 13.0. The van der Waals surface area contributed by atoms with Crippen LogP contribution in [0.2, 0.25) is 0 Å². The number of H-pyrrole nitrogens is 1. The van der Waals surface area contributed by atoms with E-state index >= 15 is 0 Å². The third-order valence-corrected chi connectivity index (χ3v) is 2.31. The van der Waals surface area contributed by atoms with Crippen LogP contribution in [0.3, 0.4) is 0 Å². The van der Waals surface area contributed by atoms with Crippen molar-refractivity contribution in [2.45, 2.75) is 6.54 Å². The first-order chi connectivity index (χ1) is 8.70. The molecule has 0 unspecified atom stereocenters. The monoisotopic (exact) mass is 247 g/mol. The van der Waals surface area contributed by atoms with Crippen LogP contribution in [0, 0.1) is 0 Å². The van der Waals surface area contributed by atoms with Crippen molar-refractivity contribution in [3.8, 4) is 0 Å². The summed E-state index contributed by atoms with van der Waals surface area (Å²) in [6, 6.07) is 0. The smallest absolute Gasteiger partial charge is 0.274 e. The van der Waals surface area contributed by atoms with Crippen molar-refractivity contribution in [2.75, 3.05) is 12.5 Å². The summed E-state index contributed by atoms with van der Waals surface area (Å²) < 4.78 is 0. The summed E-state index contributed by atoms with van der Waals surface area (Å²) in [7, 11) is 1.67. The van der Waals surface area contributed by atoms with Crippen LogP contribution >= 0.6 is 0 Å². The third-order valence-electron chi connectivity index (χ3n) is 2.31. The van der Waals surface area contributed by atoms with Gasteiger partial charge in [0.25, 0.3) is 5.91 Å². The van der Waals surface area contributed by atoms with Crippen LogP contribution in [0.1, 0.15) is 16.3 Å². The van der Waals surface area contributed by atoms with Crippen LogP contribution in [0.25, 0.3) is 0 Å². The molecule has 4 N–H and O–H groups in total. The Labute approximate surface area is 103 Å². The van der Waals surface area contributed by atoms with Gasteiger partial charge < -0.3 is 15.3 Å². The summed E-state index contributed by atoms with van der Waals surface area (Å²) >= 11 is 0. The number of rotatable bonds is 4. The lowest BCUT2D eigenvalue weighted by Gasteiger charge is -2.14. The maximum absolute atomic E-state index is 12.0. The molecular formula is C10H13N7O. The molecule has 0 bridgehead atoms. The summed E-state index contributed by atoms with van der Waals surface area (Å²) in [5.41, 5.74) is 2.60. The number of hydrogen-bond donors (Lipinski definition) is 3. The van der Waals surface area contributed by atoms with Crippen LogP contribution in [0.15, 0.2) is 24.8 Å². The highest BCUT2D eigenvalue weighted by Gasteiger charge is 2.14. The van der Waals surface area contributed by atoms with Gasteiger partial charge in [0, 0.05) is 19.4 Å². The Hall–Kier alpha value is -2.48. The maximum Gasteiger partial charge on any atom is 0.274 e. The van der Waals surface area contributed by atoms with E-state index < -0.39 is 0 Å². The van der Waals surface area contributed by atoms with Crippen molar-refractivity contribution in [3.05, 3.63) is 36.3 Å². The van der Waals surface area contributed by atoms with Crippen molar-refractivity contribution in [3.63, 3.8) is 0 Å². The van der Waals surface area contributed by atoms with Crippen molar-refractivity contribution >= 4 is 11.7 Å². The number of nitrogen functional groups attached to an aromatic ring is 1. The molecule has 2 heterocycles. The number of hydrazine groups is 1. The highest BCUT2D eigenvalue weighted by molar-refractivity contribution is 5.91. The molecule has 0 spiro atoms. The quantitative estimate of drug-likeness (QED) is 0.507. The van der Waals surface area contributed by atoms with Gasteiger partial charge in [0.1, 0.15) is 11.5 Å². The number of anilines is 1. The Morgan fingerprint density at radius 3 is 2.83 bits per heavy atom. The Morgan fingerprint density at radius 2 is 2.28 bits per heavy atom. The van der Waals surface area contributed by atoms with Crippen LogP contribution in [0.4, 0.5) is 5.82 Å². The molecule has 0 fully saturated rings. The number of amides is 1. The van der Waals surface area contributed by atoms with Gasteiger partial charge >= 0.3 is 0 Å². The lowest BCUT2D eigenvalue weighted by molar-refractivity contribution is 0.0775. The molecule has 1 amide bonds. The van der Waals surface area contributed by atoms with Crippen molar-refractivity contribution in [1.82, 2.24) is 24.8 Å². The summed E-state index contributed by atoms with van der Waals surface area (Å²) in [5, 5.41) is 0. The van der Waals surface area contributed by atoms with E-state index in [1.54, 1.807) is 19.4 Å². The van der Waals surface area contributed by atoms with Crippen molar-refractivity contribution in [2.24, 2.45) is 5.84 Å². The fourth-order valence-electron chi connectivity index (χ4n) is 1.39. The largest absolute Gasteiger partial charge is 0.347 e. The molecule has 94 valence electrons. The fourth-order valence-corrected chi connectivity index (χ4v) is 1.39. The van der Waals surface area contributed by atoms with E-state index in [4.69, 9.17) is 5.84 Å². The molecule has 0 atom stereocenters. The second-order valence-electron chi connectivity index (χ2n) is 3.63. The van der Waals surface area contributed by atoms with E-state index in [-0.39, 0.29) is 11.6 Å². The Bertz CT molecular complexity index is 508. The third kappa shape index (κ3) is 2.61. The minimum atomic E-state index is -0.234. The molecule has 0 saturated carbocycles. The fraction of sp³-hybridized carbons (Fsp3) is 0.200. The molecule has 0 aliphatic heterocycles. The van der Waals surface area contributed by atoms with Crippen LogP contribution in [0.5, 0.6) is 0 Å². The van der Waals surface area contributed by atoms with Crippen LogP contribution in [-0.4, -0.2) is 37.8 Å². The number of hydrogen-bond acceptors (Lipinski definition) is 6. The van der Waals surface area contributed by atoms with Gasteiger partial charge in [0.2, 0.25) is 0 Å². The second kappa shape index (κ2) is 5.23. The van der Waals surface area contributed by atoms with Gasteiger partial charge in [-0.25, -0.2) is 20.8 Å². The van der Waals surface area contributed by atoms with E-state index in [1.165, 1.54) is 17.3 Å². The van der Waals surface area contributed by atoms with Crippen molar-refractivity contribution < 1.29 is 4.79 Å². The molecule has 0 aliphatic carbocycles. The number of aromatic nitrogens is 4. The lowest BCUT2D eigenvalue weighted by atomic mass is 10.3. The van der Waals surface area contributed by atoms with Crippen LogP contribution in [-0.2, 0) is 6.54 Å².